The van der Waals surface area contributed by atoms with E-state index in [9.17, 15) is 13.2 Å². The Bertz CT molecular complexity index is 1210. The Kier molecular flexibility index (Phi) is 6.18. The summed E-state index contributed by atoms with van der Waals surface area (Å²) in [6.45, 7) is 2.87. The highest BCUT2D eigenvalue weighted by atomic mass is 32.2. The highest BCUT2D eigenvalue weighted by molar-refractivity contribution is 7.92. The number of sulfonamides is 1. The summed E-state index contributed by atoms with van der Waals surface area (Å²) >= 11 is 0. The molecule has 0 spiro atoms. The molecule has 1 heterocycles. The second kappa shape index (κ2) is 9.19. The van der Waals surface area contributed by atoms with Crippen molar-refractivity contribution < 1.29 is 27.4 Å². The smallest absolute Gasteiger partial charge is 0.261 e. The van der Waals surface area contributed by atoms with E-state index in [1.54, 1.807) is 42.5 Å². The standard InChI is InChI=1S/C23H22N2O6S/c1-2-29-19-8-10-20(11-9-19)32(27,28)25-18-6-4-17(5-7-18)23(26)24-14-16-3-12-21-22(13-16)31-15-30-21/h3-13,25H,2,14-15H2,1H3,(H,24,26). The van der Waals surface area contributed by atoms with Crippen LogP contribution in [-0.4, -0.2) is 27.7 Å². The topological polar surface area (TPSA) is 103 Å². The van der Waals surface area contributed by atoms with Crippen LogP contribution in [0.1, 0.15) is 22.8 Å². The predicted octanol–water partition coefficient (Wildman–Crippen LogP) is 3.54. The first-order chi connectivity index (χ1) is 15.4. The molecular formula is C23H22N2O6S. The summed E-state index contributed by atoms with van der Waals surface area (Å²) in [5.41, 5.74) is 1.64. The third-order valence-electron chi connectivity index (χ3n) is 4.73. The highest BCUT2D eigenvalue weighted by Crippen LogP contribution is 2.32. The van der Waals surface area contributed by atoms with Gasteiger partial charge in [0.25, 0.3) is 15.9 Å². The van der Waals surface area contributed by atoms with Gasteiger partial charge in [-0.25, -0.2) is 8.42 Å². The molecule has 9 heteroatoms. The van der Waals surface area contributed by atoms with Crippen LogP contribution in [0, 0.1) is 0 Å². The van der Waals surface area contributed by atoms with Gasteiger partial charge in [-0.05, 0) is 73.2 Å². The van der Waals surface area contributed by atoms with Crippen molar-refractivity contribution in [3.05, 3.63) is 77.9 Å². The fourth-order valence-electron chi connectivity index (χ4n) is 3.12. The zero-order valence-corrected chi connectivity index (χ0v) is 18.1. The number of ether oxygens (including phenoxy) is 3. The van der Waals surface area contributed by atoms with Gasteiger partial charge in [-0.1, -0.05) is 6.07 Å². The molecule has 3 aromatic rings. The van der Waals surface area contributed by atoms with E-state index in [0.717, 1.165) is 5.56 Å². The quantitative estimate of drug-likeness (QED) is 0.540. The molecule has 0 saturated heterocycles. The first-order valence-electron chi connectivity index (χ1n) is 9.97. The summed E-state index contributed by atoms with van der Waals surface area (Å²) in [5.74, 6) is 1.66. The average molecular weight is 455 g/mol. The number of carbonyl (C=O) groups is 1. The zero-order chi connectivity index (χ0) is 22.6. The first-order valence-corrected chi connectivity index (χ1v) is 11.5. The number of carbonyl (C=O) groups excluding carboxylic acids is 1. The fraction of sp³-hybridized carbons (Fsp3) is 0.174. The van der Waals surface area contributed by atoms with E-state index in [0.29, 0.717) is 41.7 Å². The normalized spacial score (nSPS) is 12.3. The third-order valence-corrected chi connectivity index (χ3v) is 6.13. The third kappa shape index (κ3) is 4.94. The molecule has 2 N–H and O–H groups in total. The number of nitrogens with one attached hydrogen (secondary N) is 2. The Morgan fingerprint density at radius 2 is 1.69 bits per heavy atom. The largest absolute Gasteiger partial charge is 0.494 e. The van der Waals surface area contributed by atoms with Crippen LogP contribution >= 0.6 is 0 Å². The van der Waals surface area contributed by atoms with Crippen LogP contribution in [0.25, 0.3) is 0 Å². The molecule has 4 rings (SSSR count). The molecule has 8 nitrogen and oxygen atoms in total. The molecule has 32 heavy (non-hydrogen) atoms. The number of amides is 1. The Labute approximate surface area is 186 Å². The van der Waals surface area contributed by atoms with Crippen LogP contribution in [0.3, 0.4) is 0 Å². The number of rotatable bonds is 8. The lowest BCUT2D eigenvalue weighted by Crippen LogP contribution is -2.22. The molecule has 0 saturated carbocycles. The summed E-state index contributed by atoms with van der Waals surface area (Å²) in [7, 11) is -3.76. The summed E-state index contributed by atoms with van der Waals surface area (Å²) in [6.07, 6.45) is 0. The van der Waals surface area contributed by atoms with Crippen molar-refractivity contribution in [1.29, 1.82) is 0 Å². The van der Waals surface area contributed by atoms with Gasteiger partial charge in [0.1, 0.15) is 5.75 Å². The van der Waals surface area contributed by atoms with Gasteiger partial charge in [0.15, 0.2) is 11.5 Å². The van der Waals surface area contributed by atoms with E-state index < -0.39 is 10.0 Å². The Balaban J connectivity index is 1.36. The molecule has 1 amide bonds. The number of hydrogen-bond acceptors (Lipinski definition) is 6. The van der Waals surface area contributed by atoms with Crippen molar-refractivity contribution in [2.75, 3.05) is 18.1 Å². The molecule has 0 unspecified atom stereocenters. The minimum atomic E-state index is -3.76. The molecule has 0 aromatic heterocycles. The number of anilines is 1. The van der Waals surface area contributed by atoms with Gasteiger partial charge in [0.05, 0.1) is 11.5 Å². The molecule has 3 aromatic carbocycles. The summed E-state index contributed by atoms with van der Waals surface area (Å²) in [6, 6.07) is 17.8. The molecule has 0 atom stereocenters. The van der Waals surface area contributed by atoms with E-state index in [1.165, 1.54) is 12.1 Å². The molecule has 166 valence electrons. The monoisotopic (exact) mass is 454 g/mol. The molecule has 0 radical (unpaired) electrons. The molecule has 0 fully saturated rings. The number of fused-ring (bicyclic) bond motifs is 1. The van der Waals surface area contributed by atoms with E-state index in [4.69, 9.17) is 14.2 Å². The summed E-state index contributed by atoms with van der Waals surface area (Å²) in [5, 5.41) is 2.83. The Morgan fingerprint density at radius 1 is 0.969 bits per heavy atom. The SMILES string of the molecule is CCOc1ccc(S(=O)(=O)Nc2ccc(C(=O)NCc3ccc4c(c3)OCO4)cc2)cc1. The van der Waals surface area contributed by atoms with Crippen LogP contribution in [-0.2, 0) is 16.6 Å². The van der Waals surface area contributed by atoms with Gasteiger partial charge < -0.3 is 19.5 Å². The van der Waals surface area contributed by atoms with Crippen LogP contribution < -0.4 is 24.2 Å². The molecule has 1 aliphatic rings. The molecule has 0 bridgehead atoms. The average Bonchev–Trinajstić information content (AvgIpc) is 3.26. The highest BCUT2D eigenvalue weighted by Gasteiger charge is 2.16. The second-order valence-corrected chi connectivity index (χ2v) is 8.64. The van der Waals surface area contributed by atoms with Crippen molar-refractivity contribution in [2.45, 2.75) is 18.4 Å². The van der Waals surface area contributed by atoms with Crippen LogP contribution in [0.4, 0.5) is 5.69 Å². The van der Waals surface area contributed by atoms with Gasteiger partial charge >= 0.3 is 0 Å². The Morgan fingerprint density at radius 3 is 2.41 bits per heavy atom. The maximum Gasteiger partial charge on any atom is 0.261 e. The molecule has 1 aliphatic heterocycles. The van der Waals surface area contributed by atoms with Gasteiger partial charge in [-0.15, -0.1) is 0 Å². The maximum atomic E-state index is 12.6. The van der Waals surface area contributed by atoms with Crippen LogP contribution in [0.15, 0.2) is 71.6 Å². The fourth-order valence-corrected chi connectivity index (χ4v) is 4.18. The number of hydrogen-bond donors (Lipinski definition) is 2. The minimum absolute atomic E-state index is 0.117. The van der Waals surface area contributed by atoms with Crippen molar-refractivity contribution in [2.24, 2.45) is 0 Å². The van der Waals surface area contributed by atoms with Crippen molar-refractivity contribution in [1.82, 2.24) is 5.32 Å². The van der Waals surface area contributed by atoms with E-state index >= 15 is 0 Å². The van der Waals surface area contributed by atoms with Gasteiger partial charge in [-0.3, -0.25) is 9.52 Å². The van der Waals surface area contributed by atoms with E-state index in [-0.39, 0.29) is 17.6 Å². The molecular weight excluding hydrogens is 432 g/mol. The first kappa shape index (κ1) is 21.5. The summed E-state index contributed by atoms with van der Waals surface area (Å²) < 4.78 is 43.6. The lowest BCUT2D eigenvalue weighted by Gasteiger charge is -2.10. The van der Waals surface area contributed by atoms with Crippen LogP contribution in [0.5, 0.6) is 17.2 Å². The second-order valence-electron chi connectivity index (χ2n) is 6.96. The van der Waals surface area contributed by atoms with E-state index in [1.807, 2.05) is 19.1 Å². The zero-order valence-electron chi connectivity index (χ0n) is 17.3. The van der Waals surface area contributed by atoms with E-state index in [2.05, 4.69) is 10.0 Å². The lowest BCUT2D eigenvalue weighted by atomic mass is 10.1. The number of benzene rings is 3. The van der Waals surface area contributed by atoms with Gasteiger partial charge in [-0.2, -0.15) is 0 Å². The predicted molar refractivity (Wildman–Crippen MR) is 119 cm³/mol. The van der Waals surface area contributed by atoms with Crippen molar-refractivity contribution in [3.63, 3.8) is 0 Å². The summed E-state index contributed by atoms with van der Waals surface area (Å²) in [4.78, 5) is 12.6. The van der Waals surface area contributed by atoms with Crippen molar-refractivity contribution >= 4 is 21.6 Å². The van der Waals surface area contributed by atoms with Crippen LogP contribution in [0.2, 0.25) is 0 Å². The Hall–Kier alpha value is -3.72. The lowest BCUT2D eigenvalue weighted by molar-refractivity contribution is 0.0951. The van der Waals surface area contributed by atoms with Gasteiger partial charge in [0.2, 0.25) is 6.79 Å². The molecule has 0 aliphatic carbocycles. The van der Waals surface area contributed by atoms with Crippen molar-refractivity contribution in [3.8, 4) is 17.2 Å². The minimum Gasteiger partial charge on any atom is -0.494 e. The van der Waals surface area contributed by atoms with Gasteiger partial charge in [0, 0.05) is 17.8 Å². The maximum absolute atomic E-state index is 12.6.